The lowest BCUT2D eigenvalue weighted by Crippen LogP contribution is -2.18. The van der Waals surface area contributed by atoms with E-state index in [1.807, 2.05) is 6.92 Å². The Kier molecular flexibility index (Phi) is 6.02. The molecule has 0 aliphatic carbocycles. The Morgan fingerprint density at radius 1 is 1.10 bits per heavy atom. The SMILES string of the molecule is Cc1ccc2c(=O)c(OC(=O)CCOc3ccc(Cl)cc3Cl)c(-c3ccco3)oc2c1. The first kappa shape index (κ1) is 21.0. The highest BCUT2D eigenvalue weighted by Crippen LogP contribution is 2.32. The molecular formula is C23H16Cl2O6. The second-order valence-corrected chi connectivity index (χ2v) is 7.56. The van der Waals surface area contributed by atoms with Gasteiger partial charge >= 0.3 is 5.97 Å². The highest BCUT2D eigenvalue weighted by atomic mass is 35.5. The maximum atomic E-state index is 13.0. The molecule has 0 fully saturated rings. The molecule has 2 aromatic heterocycles. The van der Waals surface area contributed by atoms with Gasteiger partial charge in [0.2, 0.25) is 16.9 Å². The van der Waals surface area contributed by atoms with Gasteiger partial charge in [0.25, 0.3) is 0 Å². The average molecular weight is 459 g/mol. The minimum atomic E-state index is -0.670. The largest absolute Gasteiger partial charge is 0.491 e. The van der Waals surface area contributed by atoms with Crippen molar-refractivity contribution in [3.8, 4) is 23.0 Å². The number of fused-ring (bicyclic) bond motifs is 1. The molecule has 0 saturated carbocycles. The van der Waals surface area contributed by atoms with Gasteiger partial charge in [-0.3, -0.25) is 9.59 Å². The number of ether oxygens (including phenoxy) is 2. The van der Waals surface area contributed by atoms with Crippen LogP contribution in [-0.4, -0.2) is 12.6 Å². The Morgan fingerprint density at radius 3 is 2.68 bits per heavy atom. The molecule has 4 aromatic rings. The van der Waals surface area contributed by atoms with Crippen LogP contribution in [0, 0.1) is 6.92 Å². The molecule has 31 heavy (non-hydrogen) atoms. The van der Waals surface area contributed by atoms with Gasteiger partial charge in [0.05, 0.1) is 29.7 Å². The van der Waals surface area contributed by atoms with E-state index in [1.54, 1.807) is 42.5 Å². The van der Waals surface area contributed by atoms with Gasteiger partial charge < -0.3 is 18.3 Å². The number of rotatable bonds is 6. The summed E-state index contributed by atoms with van der Waals surface area (Å²) in [6.45, 7) is 1.88. The molecule has 0 saturated heterocycles. The summed E-state index contributed by atoms with van der Waals surface area (Å²) < 4.78 is 22.1. The van der Waals surface area contributed by atoms with Crippen molar-refractivity contribution in [3.05, 3.63) is 80.6 Å². The van der Waals surface area contributed by atoms with Crippen molar-refractivity contribution in [2.45, 2.75) is 13.3 Å². The van der Waals surface area contributed by atoms with Crippen LogP contribution in [0.3, 0.4) is 0 Å². The highest BCUT2D eigenvalue weighted by Gasteiger charge is 2.22. The zero-order valence-electron chi connectivity index (χ0n) is 16.3. The predicted molar refractivity (Wildman–Crippen MR) is 117 cm³/mol. The summed E-state index contributed by atoms with van der Waals surface area (Å²) in [6, 6.07) is 13.2. The van der Waals surface area contributed by atoms with Gasteiger partial charge in [-0.2, -0.15) is 0 Å². The summed E-state index contributed by atoms with van der Waals surface area (Å²) in [5.41, 5.74) is 0.823. The van der Waals surface area contributed by atoms with E-state index in [-0.39, 0.29) is 30.3 Å². The molecule has 0 N–H and O–H groups in total. The lowest BCUT2D eigenvalue weighted by molar-refractivity contribution is -0.135. The standard InChI is InChI=1S/C23H16Cl2O6/c1-13-4-6-15-19(11-13)30-22(18-3-2-9-28-18)23(21(15)27)31-20(26)8-10-29-17-7-5-14(24)12-16(17)25/h2-7,9,11-12H,8,10H2,1H3. The molecule has 2 heterocycles. The molecular weight excluding hydrogens is 443 g/mol. The number of esters is 1. The summed E-state index contributed by atoms with van der Waals surface area (Å²) in [5.74, 6) is -0.205. The average Bonchev–Trinajstić information content (AvgIpc) is 3.26. The number of benzene rings is 2. The zero-order chi connectivity index (χ0) is 22.0. The van der Waals surface area contributed by atoms with Crippen LogP contribution in [0.2, 0.25) is 10.0 Å². The zero-order valence-corrected chi connectivity index (χ0v) is 17.8. The van der Waals surface area contributed by atoms with Crippen LogP contribution in [0.1, 0.15) is 12.0 Å². The normalized spacial score (nSPS) is 10.9. The van der Waals surface area contributed by atoms with Crippen LogP contribution in [0.25, 0.3) is 22.5 Å². The first-order valence-corrected chi connectivity index (χ1v) is 10.1. The second-order valence-electron chi connectivity index (χ2n) is 6.71. The van der Waals surface area contributed by atoms with Crippen molar-refractivity contribution in [2.75, 3.05) is 6.61 Å². The van der Waals surface area contributed by atoms with Crippen LogP contribution >= 0.6 is 23.2 Å². The molecule has 0 unspecified atom stereocenters. The van der Waals surface area contributed by atoms with Gasteiger partial charge in [-0.1, -0.05) is 29.3 Å². The van der Waals surface area contributed by atoms with E-state index in [0.29, 0.717) is 26.8 Å². The molecule has 0 bridgehead atoms. The van der Waals surface area contributed by atoms with Crippen molar-refractivity contribution in [1.82, 2.24) is 0 Å². The van der Waals surface area contributed by atoms with Gasteiger partial charge in [0.1, 0.15) is 11.3 Å². The third kappa shape index (κ3) is 4.60. The van der Waals surface area contributed by atoms with Crippen molar-refractivity contribution >= 4 is 40.1 Å². The fraction of sp³-hybridized carbons (Fsp3) is 0.130. The molecule has 2 aromatic carbocycles. The lowest BCUT2D eigenvalue weighted by Gasteiger charge is -2.10. The monoisotopic (exact) mass is 458 g/mol. The molecule has 0 atom stereocenters. The highest BCUT2D eigenvalue weighted by molar-refractivity contribution is 6.35. The van der Waals surface area contributed by atoms with Gasteiger partial charge in [0.15, 0.2) is 5.76 Å². The maximum Gasteiger partial charge on any atom is 0.314 e. The fourth-order valence-corrected chi connectivity index (χ4v) is 3.41. The smallest absolute Gasteiger partial charge is 0.314 e. The van der Waals surface area contributed by atoms with Crippen LogP contribution in [0.15, 0.2) is 68.4 Å². The lowest BCUT2D eigenvalue weighted by atomic mass is 10.1. The third-order valence-electron chi connectivity index (χ3n) is 4.42. The Bertz CT molecular complexity index is 1310. The third-order valence-corrected chi connectivity index (χ3v) is 4.96. The quantitative estimate of drug-likeness (QED) is 0.327. The van der Waals surface area contributed by atoms with E-state index in [2.05, 4.69) is 0 Å². The number of carbonyl (C=O) groups is 1. The van der Waals surface area contributed by atoms with E-state index in [1.165, 1.54) is 12.3 Å². The molecule has 0 spiro atoms. The molecule has 8 heteroatoms. The topological polar surface area (TPSA) is 78.9 Å². The maximum absolute atomic E-state index is 13.0. The van der Waals surface area contributed by atoms with Crippen molar-refractivity contribution in [3.63, 3.8) is 0 Å². The predicted octanol–water partition coefficient (Wildman–Crippen LogP) is 6.04. The number of carbonyl (C=O) groups excluding carboxylic acids is 1. The summed E-state index contributed by atoms with van der Waals surface area (Å²) in [5, 5.41) is 1.10. The van der Waals surface area contributed by atoms with Gasteiger partial charge in [-0.05, 0) is 55.0 Å². The van der Waals surface area contributed by atoms with Crippen molar-refractivity contribution in [2.24, 2.45) is 0 Å². The Labute approximate surface area is 186 Å². The molecule has 6 nitrogen and oxygen atoms in total. The van der Waals surface area contributed by atoms with Gasteiger partial charge in [-0.25, -0.2) is 0 Å². The number of hydrogen-bond donors (Lipinski definition) is 0. The fourth-order valence-electron chi connectivity index (χ4n) is 2.95. The van der Waals surface area contributed by atoms with Crippen LogP contribution in [0.4, 0.5) is 0 Å². The van der Waals surface area contributed by atoms with Crippen molar-refractivity contribution in [1.29, 1.82) is 0 Å². The van der Waals surface area contributed by atoms with Crippen LogP contribution < -0.4 is 14.9 Å². The number of aryl methyl sites for hydroxylation is 1. The van der Waals surface area contributed by atoms with Crippen molar-refractivity contribution < 1.29 is 23.1 Å². The van der Waals surface area contributed by atoms with Gasteiger partial charge in [0, 0.05) is 5.02 Å². The van der Waals surface area contributed by atoms with E-state index >= 15 is 0 Å². The minimum absolute atomic E-state index is 0.00558. The Hall–Kier alpha value is -3.22. The molecule has 0 aliphatic rings. The summed E-state index contributed by atoms with van der Waals surface area (Å²) in [4.78, 5) is 25.5. The molecule has 0 aliphatic heterocycles. The van der Waals surface area contributed by atoms with Crippen LogP contribution in [-0.2, 0) is 4.79 Å². The Morgan fingerprint density at radius 2 is 1.94 bits per heavy atom. The molecule has 158 valence electrons. The summed E-state index contributed by atoms with van der Waals surface area (Å²) in [6.07, 6.45) is 1.31. The molecule has 4 rings (SSSR count). The van der Waals surface area contributed by atoms with E-state index in [9.17, 15) is 9.59 Å². The molecule has 0 amide bonds. The second kappa shape index (κ2) is 8.88. The number of hydrogen-bond acceptors (Lipinski definition) is 6. The van der Waals surface area contributed by atoms with E-state index in [0.717, 1.165) is 5.56 Å². The van der Waals surface area contributed by atoms with E-state index < -0.39 is 11.4 Å². The van der Waals surface area contributed by atoms with Crippen LogP contribution in [0.5, 0.6) is 11.5 Å². The summed E-state index contributed by atoms with van der Waals surface area (Å²) >= 11 is 11.9. The Balaban J connectivity index is 1.57. The summed E-state index contributed by atoms with van der Waals surface area (Å²) in [7, 11) is 0. The molecule has 0 radical (unpaired) electrons. The number of halogens is 2. The first-order valence-electron chi connectivity index (χ1n) is 9.32. The minimum Gasteiger partial charge on any atom is -0.491 e. The first-order chi connectivity index (χ1) is 14.9. The van der Waals surface area contributed by atoms with Gasteiger partial charge in [-0.15, -0.1) is 0 Å². The number of furan rings is 1. The van der Waals surface area contributed by atoms with E-state index in [4.69, 9.17) is 41.5 Å².